The van der Waals surface area contributed by atoms with E-state index >= 15 is 0 Å². The van der Waals surface area contributed by atoms with Gasteiger partial charge in [-0.1, -0.05) is 26.0 Å². The van der Waals surface area contributed by atoms with Crippen LogP contribution in [0.15, 0.2) is 30.5 Å². The Labute approximate surface area is 152 Å². The Morgan fingerprint density at radius 3 is 2.42 bits per heavy atom. The van der Waals surface area contributed by atoms with Gasteiger partial charge in [-0.2, -0.15) is 18.2 Å². The molecule has 26 heavy (non-hydrogen) atoms. The molecule has 0 spiro atoms. The topological polar surface area (TPSA) is 38.2 Å². The molecule has 0 radical (unpaired) electrons. The lowest BCUT2D eigenvalue weighted by Gasteiger charge is -2.23. The minimum absolute atomic E-state index is 0.0758. The highest BCUT2D eigenvalue weighted by atomic mass is 19.4. The molecular formula is C19H24F3N3O. The van der Waals surface area contributed by atoms with Gasteiger partial charge in [-0.3, -0.25) is 0 Å². The summed E-state index contributed by atoms with van der Waals surface area (Å²) < 4.78 is 45.6. The number of alkyl halides is 3. The molecule has 2 rings (SSSR count). The second-order valence-electron chi connectivity index (χ2n) is 6.88. The Balaban J connectivity index is 2.47. The highest BCUT2D eigenvalue weighted by Crippen LogP contribution is 2.38. The van der Waals surface area contributed by atoms with Crippen LogP contribution in [0.25, 0.3) is 0 Å². The van der Waals surface area contributed by atoms with Crippen LogP contribution in [0.5, 0.6) is 6.01 Å². The molecule has 0 aliphatic heterocycles. The minimum atomic E-state index is -4.56. The average Bonchev–Trinajstić information content (AvgIpc) is 2.52. The van der Waals surface area contributed by atoms with E-state index in [1.54, 1.807) is 27.0 Å². The molecule has 1 heterocycles. The van der Waals surface area contributed by atoms with E-state index in [4.69, 9.17) is 4.74 Å². The summed E-state index contributed by atoms with van der Waals surface area (Å²) in [4.78, 5) is 9.14. The zero-order valence-electron chi connectivity index (χ0n) is 15.6. The molecule has 1 aromatic heterocycles. The van der Waals surface area contributed by atoms with Gasteiger partial charge in [0.1, 0.15) is 5.56 Å². The molecule has 4 nitrogen and oxygen atoms in total. The van der Waals surface area contributed by atoms with Gasteiger partial charge in [0.25, 0.3) is 0 Å². The van der Waals surface area contributed by atoms with E-state index in [0.717, 1.165) is 18.2 Å². The Hall–Kier alpha value is -2.31. The average molecular weight is 367 g/mol. The van der Waals surface area contributed by atoms with Gasteiger partial charge in [0, 0.05) is 18.9 Å². The van der Waals surface area contributed by atoms with Gasteiger partial charge < -0.3 is 9.64 Å². The van der Waals surface area contributed by atoms with E-state index < -0.39 is 11.7 Å². The van der Waals surface area contributed by atoms with Crippen molar-refractivity contribution in [1.82, 2.24) is 9.97 Å². The first-order chi connectivity index (χ1) is 12.1. The number of rotatable bonds is 6. The van der Waals surface area contributed by atoms with E-state index in [2.05, 4.69) is 23.8 Å². The van der Waals surface area contributed by atoms with E-state index in [0.29, 0.717) is 11.6 Å². The van der Waals surface area contributed by atoms with Crippen molar-refractivity contribution in [2.24, 2.45) is 5.92 Å². The van der Waals surface area contributed by atoms with Crippen molar-refractivity contribution in [2.75, 3.05) is 11.9 Å². The lowest BCUT2D eigenvalue weighted by molar-refractivity contribution is -0.137. The highest BCUT2D eigenvalue weighted by Gasteiger charge is 2.36. The summed E-state index contributed by atoms with van der Waals surface area (Å²) in [6.07, 6.45) is -3.18. The van der Waals surface area contributed by atoms with Crippen molar-refractivity contribution in [3.63, 3.8) is 0 Å². The zero-order valence-corrected chi connectivity index (χ0v) is 15.6. The molecule has 0 aliphatic rings. The summed E-state index contributed by atoms with van der Waals surface area (Å²) in [6, 6.07) is 7.37. The normalized spacial score (nSPS) is 11.9. The number of benzene rings is 1. The van der Waals surface area contributed by atoms with E-state index in [1.165, 1.54) is 4.90 Å². The van der Waals surface area contributed by atoms with Crippen LogP contribution in [-0.4, -0.2) is 23.1 Å². The first-order valence-corrected chi connectivity index (χ1v) is 8.51. The molecule has 0 saturated heterocycles. The number of ether oxygens (including phenoxy) is 1. The van der Waals surface area contributed by atoms with Gasteiger partial charge in [-0.25, -0.2) is 4.98 Å². The van der Waals surface area contributed by atoms with Crippen molar-refractivity contribution >= 4 is 11.5 Å². The van der Waals surface area contributed by atoms with Crippen LogP contribution in [0, 0.1) is 5.92 Å². The fourth-order valence-electron chi connectivity index (χ4n) is 2.57. The molecule has 0 saturated carbocycles. The molecule has 0 amide bonds. The number of halogens is 3. The van der Waals surface area contributed by atoms with Crippen LogP contribution >= 0.6 is 0 Å². The van der Waals surface area contributed by atoms with Crippen LogP contribution in [0.3, 0.4) is 0 Å². The molecule has 0 bridgehead atoms. The first-order valence-electron chi connectivity index (χ1n) is 8.51. The van der Waals surface area contributed by atoms with E-state index in [1.807, 2.05) is 18.2 Å². The third kappa shape index (κ3) is 5.09. The number of anilines is 2. The zero-order chi connectivity index (χ0) is 19.5. The number of aromatic nitrogens is 2. The SMILES string of the molecule is CC(C)Cc1cccc(N(C)c2nc(OC(C)C)ncc2C(F)(F)F)c1. The Morgan fingerprint density at radius 1 is 1.15 bits per heavy atom. The first kappa shape index (κ1) is 20.0. The van der Waals surface area contributed by atoms with Crippen LogP contribution in [0.2, 0.25) is 0 Å². The van der Waals surface area contributed by atoms with Crippen molar-refractivity contribution in [3.05, 3.63) is 41.6 Å². The second kappa shape index (κ2) is 7.93. The summed E-state index contributed by atoms with van der Waals surface area (Å²) >= 11 is 0. The maximum absolute atomic E-state index is 13.4. The Kier molecular flexibility index (Phi) is 6.10. The molecular weight excluding hydrogens is 343 g/mol. The smallest absolute Gasteiger partial charge is 0.421 e. The fraction of sp³-hybridized carbons (Fsp3) is 0.474. The summed E-state index contributed by atoms with van der Waals surface area (Å²) in [5.74, 6) is 0.219. The Morgan fingerprint density at radius 2 is 1.85 bits per heavy atom. The number of hydrogen-bond donors (Lipinski definition) is 0. The summed E-state index contributed by atoms with van der Waals surface area (Å²) in [5, 5.41) is 0. The standard InChI is InChI=1S/C19H24F3N3O/c1-12(2)9-14-7-6-8-15(10-14)25(5)17-16(19(20,21)22)11-23-18(24-17)26-13(3)4/h6-8,10-13H,9H2,1-5H3. The monoisotopic (exact) mass is 367 g/mol. The molecule has 0 unspecified atom stereocenters. The van der Waals surface area contributed by atoms with Crippen molar-refractivity contribution in [2.45, 2.75) is 46.4 Å². The van der Waals surface area contributed by atoms with Crippen molar-refractivity contribution in [1.29, 1.82) is 0 Å². The van der Waals surface area contributed by atoms with Crippen LogP contribution in [0.4, 0.5) is 24.7 Å². The summed E-state index contributed by atoms with van der Waals surface area (Å²) in [7, 11) is 1.56. The molecule has 142 valence electrons. The third-order valence-corrected chi connectivity index (χ3v) is 3.65. The van der Waals surface area contributed by atoms with Gasteiger partial charge in [0.15, 0.2) is 5.82 Å². The molecule has 1 aromatic carbocycles. The molecule has 7 heteroatoms. The Bertz CT molecular complexity index is 745. The number of nitrogens with zero attached hydrogens (tertiary/aromatic N) is 3. The lowest BCUT2D eigenvalue weighted by Crippen LogP contribution is -2.20. The maximum Gasteiger partial charge on any atom is 0.421 e. The molecule has 0 fully saturated rings. The van der Waals surface area contributed by atoms with Crippen LogP contribution < -0.4 is 9.64 Å². The van der Waals surface area contributed by atoms with Gasteiger partial charge in [-0.05, 0) is 43.9 Å². The van der Waals surface area contributed by atoms with Crippen molar-refractivity contribution in [3.8, 4) is 6.01 Å². The maximum atomic E-state index is 13.4. The molecule has 0 N–H and O–H groups in total. The fourth-order valence-corrected chi connectivity index (χ4v) is 2.57. The van der Waals surface area contributed by atoms with E-state index in [9.17, 15) is 13.2 Å². The van der Waals surface area contributed by atoms with Gasteiger partial charge in [-0.15, -0.1) is 0 Å². The van der Waals surface area contributed by atoms with Gasteiger partial charge in [0.05, 0.1) is 6.10 Å². The highest BCUT2D eigenvalue weighted by molar-refractivity contribution is 5.63. The molecule has 0 atom stereocenters. The summed E-state index contributed by atoms with van der Waals surface area (Å²) in [6.45, 7) is 7.72. The largest absolute Gasteiger partial charge is 0.461 e. The van der Waals surface area contributed by atoms with Crippen LogP contribution in [-0.2, 0) is 12.6 Å². The second-order valence-corrected chi connectivity index (χ2v) is 6.88. The number of hydrogen-bond acceptors (Lipinski definition) is 4. The van der Waals surface area contributed by atoms with Crippen molar-refractivity contribution < 1.29 is 17.9 Å². The van der Waals surface area contributed by atoms with Gasteiger partial charge in [0.2, 0.25) is 0 Å². The predicted molar refractivity (Wildman–Crippen MR) is 95.8 cm³/mol. The molecule has 2 aromatic rings. The third-order valence-electron chi connectivity index (χ3n) is 3.65. The van der Waals surface area contributed by atoms with Crippen LogP contribution in [0.1, 0.15) is 38.8 Å². The summed E-state index contributed by atoms with van der Waals surface area (Å²) in [5.41, 5.74) is 0.791. The lowest BCUT2D eigenvalue weighted by atomic mass is 10.0. The minimum Gasteiger partial charge on any atom is -0.461 e. The molecule has 0 aliphatic carbocycles. The van der Waals surface area contributed by atoms with E-state index in [-0.39, 0.29) is 17.9 Å². The van der Waals surface area contributed by atoms with Gasteiger partial charge >= 0.3 is 12.2 Å². The predicted octanol–water partition coefficient (Wildman–Crippen LogP) is 5.25. The quantitative estimate of drug-likeness (QED) is 0.699.